The molecule has 0 fully saturated rings. The summed E-state index contributed by atoms with van der Waals surface area (Å²) < 4.78 is 17.4. The minimum Gasteiger partial charge on any atom is -0.444 e. The molecule has 1 rings (SSSR count). The summed E-state index contributed by atoms with van der Waals surface area (Å²) in [5.74, 6) is 0. The van der Waals surface area contributed by atoms with Gasteiger partial charge in [0.1, 0.15) is 5.60 Å². The molecule has 15 heavy (non-hydrogen) atoms. The van der Waals surface area contributed by atoms with Crippen molar-refractivity contribution in [3.05, 3.63) is 11.3 Å². The lowest BCUT2D eigenvalue weighted by Gasteiger charge is -2.18. The second-order valence-corrected chi connectivity index (χ2v) is 4.58. The van der Waals surface area contributed by atoms with Gasteiger partial charge in [-0.1, -0.05) is 11.3 Å². The van der Waals surface area contributed by atoms with Crippen molar-refractivity contribution in [1.29, 1.82) is 0 Å². The van der Waals surface area contributed by atoms with Crippen molar-refractivity contribution < 1.29 is 13.9 Å². The van der Waals surface area contributed by atoms with Gasteiger partial charge in [-0.15, -0.1) is 12.4 Å². The van der Waals surface area contributed by atoms with Crippen LogP contribution in [0.5, 0.6) is 0 Å². The highest BCUT2D eigenvalue weighted by molar-refractivity contribution is 7.14. The van der Waals surface area contributed by atoms with E-state index in [1.165, 1.54) is 0 Å². The molecule has 0 aliphatic carbocycles. The number of ether oxygens (including phenoxy) is 1. The molecule has 1 aromatic heterocycles. The molecule has 0 spiro atoms. The summed E-state index contributed by atoms with van der Waals surface area (Å²) in [7, 11) is 0. The van der Waals surface area contributed by atoms with Crippen molar-refractivity contribution in [2.75, 3.05) is 5.32 Å². The third-order valence-electron chi connectivity index (χ3n) is 1.09. The molecule has 1 N–H and O–H groups in total. The molecule has 0 saturated carbocycles. The maximum Gasteiger partial charge on any atom is 0.413 e. The Morgan fingerprint density at radius 1 is 1.60 bits per heavy atom. The molecule has 86 valence electrons. The molecule has 1 heterocycles. The van der Waals surface area contributed by atoms with Crippen LogP contribution in [0.2, 0.25) is 0 Å². The number of thiazole rings is 1. The third kappa shape index (κ3) is 5.54. The number of hydrogen-bond donors (Lipinski definition) is 1. The number of aromatic nitrogens is 1. The van der Waals surface area contributed by atoms with Crippen LogP contribution >= 0.6 is 23.7 Å². The number of anilines is 1. The molecule has 7 heteroatoms. The molecule has 0 aliphatic rings. The lowest BCUT2D eigenvalue weighted by atomic mass is 10.2. The van der Waals surface area contributed by atoms with E-state index in [9.17, 15) is 9.18 Å². The highest BCUT2D eigenvalue weighted by Gasteiger charge is 2.17. The van der Waals surface area contributed by atoms with Gasteiger partial charge in [0.05, 0.1) is 6.20 Å². The summed E-state index contributed by atoms with van der Waals surface area (Å²) >= 11 is 0.752. The van der Waals surface area contributed by atoms with Crippen LogP contribution in [0.25, 0.3) is 0 Å². The number of amides is 1. The topological polar surface area (TPSA) is 51.2 Å². The first-order chi connectivity index (χ1) is 6.37. The molecular weight excluding hydrogens is 243 g/mol. The SMILES string of the molecule is CC(C)(C)OC(=O)Nc1ncc(F)s1.Cl. The minimum atomic E-state index is -0.633. The van der Waals surface area contributed by atoms with Crippen LogP contribution in [0.4, 0.5) is 14.3 Å². The molecular formula is C8H12ClFN2O2S. The standard InChI is InChI=1S/C8H11FN2O2S.ClH/c1-8(2,3)13-7(12)11-6-10-4-5(9)14-6;/h4H,1-3H3,(H,10,11,12);1H. The number of nitrogens with one attached hydrogen (secondary N) is 1. The first-order valence-electron chi connectivity index (χ1n) is 3.98. The van der Waals surface area contributed by atoms with E-state index in [1.807, 2.05) is 0 Å². The summed E-state index contributed by atoms with van der Waals surface area (Å²) in [6, 6.07) is 0. The summed E-state index contributed by atoms with van der Waals surface area (Å²) in [5.41, 5.74) is -0.570. The number of nitrogens with zero attached hydrogens (tertiary/aromatic N) is 1. The number of halogens is 2. The lowest BCUT2D eigenvalue weighted by molar-refractivity contribution is 0.0636. The Bertz CT molecular complexity index is 338. The zero-order chi connectivity index (χ0) is 10.8. The van der Waals surface area contributed by atoms with E-state index in [0.717, 1.165) is 17.5 Å². The first-order valence-corrected chi connectivity index (χ1v) is 4.80. The van der Waals surface area contributed by atoms with Crippen LogP contribution in [0, 0.1) is 5.13 Å². The van der Waals surface area contributed by atoms with Crippen molar-refractivity contribution >= 4 is 35.0 Å². The zero-order valence-electron chi connectivity index (χ0n) is 8.54. The fourth-order valence-corrected chi connectivity index (χ4v) is 1.23. The Morgan fingerprint density at radius 2 is 2.20 bits per heavy atom. The van der Waals surface area contributed by atoms with E-state index >= 15 is 0 Å². The second kappa shape index (κ2) is 5.27. The number of carbonyl (C=O) groups excluding carboxylic acids is 1. The van der Waals surface area contributed by atoms with Crippen LogP contribution < -0.4 is 5.32 Å². The van der Waals surface area contributed by atoms with Gasteiger partial charge in [-0.3, -0.25) is 5.32 Å². The summed E-state index contributed by atoms with van der Waals surface area (Å²) in [4.78, 5) is 14.8. The summed E-state index contributed by atoms with van der Waals surface area (Å²) in [5, 5.41) is 2.07. The van der Waals surface area contributed by atoms with E-state index in [2.05, 4.69) is 10.3 Å². The molecule has 0 radical (unpaired) electrons. The van der Waals surface area contributed by atoms with Gasteiger partial charge < -0.3 is 4.74 Å². The Kier molecular flexibility index (Phi) is 4.96. The van der Waals surface area contributed by atoms with Crippen molar-refractivity contribution in [3.63, 3.8) is 0 Å². The van der Waals surface area contributed by atoms with Crippen LogP contribution in [-0.4, -0.2) is 16.7 Å². The number of rotatable bonds is 1. The van der Waals surface area contributed by atoms with Gasteiger partial charge in [0.2, 0.25) is 0 Å². The maximum atomic E-state index is 12.5. The average Bonchev–Trinajstić information content (AvgIpc) is 2.30. The van der Waals surface area contributed by atoms with E-state index in [1.54, 1.807) is 20.8 Å². The zero-order valence-corrected chi connectivity index (χ0v) is 10.2. The molecule has 0 unspecified atom stereocenters. The van der Waals surface area contributed by atoms with E-state index < -0.39 is 16.8 Å². The Balaban J connectivity index is 0.00000196. The highest BCUT2D eigenvalue weighted by atomic mass is 35.5. The number of carbonyl (C=O) groups is 1. The molecule has 0 atom stereocenters. The minimum absolute atomic E-state index is 0. The second-order valence-electron chi connectivity index (χ2n) is 3.60. The van der Waals surface area contributed by atoms with Crippen LogP contribution in [0.1, 0.15) is 20.8 Å². The van der Waals surface area contributed by atoms with Gasteiger partial charge in [-0.25, -0.2) is 9.78 Å². The monoisotopic (exact) mass is 254 g/mol. The molecule has 0 bridgehead atoms. The predicted octanol–water partition coefficient (Wildman–Crippen LogP) is 3.05. The fourth-order valence-electron chi connectivity index (χ4n) is 0.703. The van der Waals surface area contributed by atoms with E-state index in [4.69, 9.17) is 4.74 Å². The predicted molar refractivity (Wildman–Crippen MR) is 59.2 cm³/mol. The maximum absolute atomic E-state index is 12.5. The van der Waals surface area contributed by atoms with Crippen molar-refractivity contribution in [2.45, 2.75) is 26.4 Å². The number of hydrogen-bond acceptors (Lipinski definition) is 4. The Morgan fingerprint density at radius 3 is 2.60 bits per heavy atom. The first kappa shape index (κ1) is 14.1. The van der Waals surface area contributed by atoms with Crippen LogP contribution in [-0.2, 0) is 4.74 Å². The van der Waals surface area contributed by atoms with Crippen molar-refractivity contribution in [3.8, 4) is 0 Å². The average molecular weight is 255 g/mol. The molecule has 1 aromatic rings. The van der Waals surface area contributed by atoms with Crippen LogP contribution in [0.15, 0.2) is 6.20 Å². The van der Waals surface area contributed by atoms with E-state index in [-0.39, 0.29) is 17.5 Å². The quantitative estimate of drug-likeness (QED) is 0.838. The molecule has 0 aliphatic heterocycles. The van der Waals surface area contributed by atoms with Gasteiger partial charge in [0.15, 0.2) is 10.3 Å². The largest absolute Gasteiger partial charge is 0.444 e. The fraction of sp³-hybridized carbons (Fsp3) is 0.500. The Hall–Kier alpha value is -0.880. The smallest absolute Gasteiger partial charge is 0.413 e. The Labute approximate surface area is 97.3 Å². The van der Waals surface area contributed by atoms with Gasteiger partial charge in [0, 0.05) is 0 Å². The van der Waals surface area contributed by atoms with Gasteiger partial charge in [0.25, 0.3) is 0 Å². The molecule has 0 aromatic carbocycles. The normalized spacial score (nSPS) is 10.4. The third-order valence-corrected chi connectivity index (χ3v) is 1.79. The van der Waals surface area contributed by atoms with Crippen molar-refractivity contribution in [2.24, 2.45) is 0 Å². The molecule has 4 nitrogen and oxygen atoms in total. The molecule has 0 saturated heterocycles. The molecule has 1 amide bonds. The van der Waals surface area contributed by atoms with Gasteiger partial charge >= 0.3 is 6.09 Å². The van der Waals surface area contributed by atoms with Gasteiger partial charge in [-0.05, 0) is 20.8 Å². The van der Waals surface area contributed by atoms with Crippen molar-refractivity contribution in [1.82, 2.24) is 4.98 Å². The van der Waals surface area contributed by atoms with Gasteiger partial charge in [-0.2, -0.15) is 4.39 Å². The summed E-state index contributed by atoms with van der Waals surface area (Å²) in [6.07, 6.45) is 0.407. The lowest BCUT2D eigenvalue weighted by Crippen LogP contribution is -2.27. The summed E-state index contributed by atoms with van der Waals surface area (Å²) in [6.45, 7) is 5.24. The van der Waals surface area contributed by atoms with Crippen LogP contribution in [0.3, 0.4) is 0 Å². The van der Waals surface area contributed by atoms with E-state index in [0.29, 0.717) is 0 Å². The highest BCUT2D eigenvalue weighted by Crippen LogP contribution is 2.17.